The van der Waals surface area contributed by atoms with Crippen LogP contribution in [0.5, 0.6) is 0 Å². The number of rotatable bonds is 5. The van der Waals surface area contributed by atoms with E-state index in [-0.39, 0.29) is 0 Å². The smallest absolute Gasteiger partial charge is 0.241 e. The molecule has 3 aromatic rings. The summed E-state index contributed by atoms with van der Waals surface area (Å²) in [5.74, 6) is -1.48. The molecule has 0 saturated heterocycles. The maximum atomic E-state index is 13.4. The van der Waals surface area contributed by atoms with Crippen molar-refractivity contribution < 1.29 is 17.2 Å². The summed E-state index contributed by atoms with van der Waals surface area (Å²) in [4.78, 5) is 3.71. The number of benzene rings is 2. The highest BCUT2D eigenvalue weighted by molar-refractivity contribution is 7.89. The summed E-state index contributed by atoms with van der Waals surface area (Å²) in [5.41, 5.74) is 0.650. The molecule has 0 radical (unpaired) electrons. The van der Waals surface area contributed by atoms with Crippen molar-refractivity contribution in [3.63, 3.8) is 0 Å². The Morgan fingerprint density at radius 1 is 1.08 bits per heavy atom. The minimum absolute atomic E-state index is 0.451. The summed E-state index contributed by atoms with van der Waals surface area (Å²) in [6, 6.07) is 10.2. The fourth-order valence-electron chi connectivity index (χ4n) is 2.48. The fraction of sp³-hybridized carbons (Fsp3) is 0.118. The molecular formula is C17H15F2N3O2S. The van der Waals surface area contributed by atoms with Gasteiger partial charge in [0.05, 0.1) is 4.90 Å². The minimum Gasteiger partial charge on any atom is -0.336 e. The predicted octanol–water partition coefficient (Wildman–Crippen LogP) is 2.77. The Morgan fingerprint density at radius 2 is 1.72 bits per heavy atom. The quantitative estimate of drug-likeness (QED) is 0.758. The molecule has 0 spiro atoms. The molecule has 8 heteroatoms. The Morgan fingerprint density at radius 3 is 2.28 bits per heavy atom. The molecule has 1 N–H and O–H groups in total. The van der Waals surface area contributed by atoms with Crippen molar-refractivity contribution in [1.82, 2.24) is 14.3 Å². The van der Waals surface area contributed by atoms with Crippen molar-refractivity contribution in [3.05, 3.63) is 83.9 Å². The number of halogens is 2. The summed E-state index contributed by atoms with van der Waals surface area (Å²) >= 11 is 0. The third-order valence-electron chi connectivity index (χ3n) is 3.67. The summed E-state index contributed by atoms with van der Waals surface area (Å²) in [5, 5.41) is 0. The summed E-state index contributed by atoms with van der Waals surface area (Å²) < 4.78 is 56.3. The van der Waals surface area contributed by atoms with E-state index in [1.165, 1.54) is 0 Å². The zero-order valence-electron chi connectivity index (χ0n) is 13.2. The highest BCUT2D eigenvalue weighted by atomic mass is 32.2. The van der Waals surface area contributed by atoms with Gasteiger partial charge in [-0.1, -0.05) is 30.3 Å². The van der Waals surface area contributed by atoms with Crippen LogP contribution in [-0.2, 0) is 17.1 Å². The first-order chi connectivity index (χ1) is 11.9. The number of hydrogen-bond donors (Lipinski definition) is 1. The van der Waals surface area contributed by atoms with Gasteiger partial charge in [0.15, 0.2) is 0 Å². The summed E-state index contributed by atoms with van der Waals surface area (Å²) in [7, 11) is -2.45. The van der Waals surface area contributed by atoms with Gasteiger partial charge in [0.25, 0.3) is 0 Å². The van der Waals surface area contributed by atoms with Crippen LogP contribution in [-0.4, -0.2) is 18.0 Å². The largest absolute Gasteiger partial charge is 0.336 e. The van der Waals surface area contributed by atoms with Gasteiger partial charge in [-0.05, 0) is 17.7 Å². The van der Waals surface area contributed by atoms with E-state index < -0.39 is 32.6 Å². The number of nitrogens with zero attached hydrogens (tertiary/aromatic N) is 2. The van der Waals surface area contributed by atoms with Crippen molar-refractivity contribution in [3.8, 4) is 0 Å². The van der Waals surface area contributed by atoms with Gasteiger partial charge in [0.1, 0.15) is 23.5 Å². The van der Waals surface area contributed by atoms with Gasteiger partial charge in [-0.15, -0.1) is 0 Å². The van der Waals surface area contributed by atoms with Crippen LogP contribution in [0.15, 0.2) is 65.8 Å². The molecule has 130 valence electrons. The molecule has 0 aliphatic heterocycles. The van der Waals surface area contributed by atoms with Crippen LogP contribution in [0, 0.1) is 11.6 Å². The molecule has 1 atom stereocenters. The molecule has 25 heavy (non-hydrogen) atoms. The fourth-order valence-corrected chi connectivity index (χ4v) is 3.70. The van der Waals surface area contributed by atoms with Gasteiger partial charge in [-0.25, -0.2) is 22.2 Å². The second kappa shape index (κ2) is 6.73. The minimum atomic E-state index is -4.18. The first kappa shape index (κ1) is 17.2. The van der Waals surface area contributed by atoms with Crippen molar-refractivity contribution in [2.24, 2.45) is 7.05 Å². The molecule has 5 nitrogen and oxygen atoms in total. The maximum Gasteiger partial charge on any atom is 0.241 e. The lowest BCUT2D eigenvalue weighted by atomic mass is 10.1. The molecule has 1 heterocycles. The Bertz CT molecular complexity index is 968. The van der Waals surface area contributed by atoms with E-state index in [0.717, 1.165) is 12.1 Å². The van der Waals surface area contributed by atoms with Crippen LogP contribution < -0.4 is 4.72 Å². The molecule has 1 unspecified atom stereocenters. The van der Waals surface area contributed by atoms with E-state index in [0.29, 0.717) is 17.5 Å². The van der Waals surface area contributed by atoms with Gasteiger partial charge in [-0.2, -0.15) is 4.72 Å². The van der Waals surface area contributed by atoms with E-state index in [1.807, 2.05) is 0 Å². The highest BCUT2D eigenvalue weighted by Crippen LogP contribution is 2.23. The number of imidazole rings is 1. The third-order valence-corrected chi connectivity index (χ3v) is 5.07. The van der Waals surface area contributed by atoms with Gasteiger partial charge in [0, 0.05) is 25.5 Å². The highest BCUT2D eigenvalue weighted by Gasteiger charge is 2.26. The van der Waals surface area contributed by atoms with Crippen molar-refractivity contribution >= 4 is 10.0 Å². The number of nitrogens with one attached hydrogen (secondary N) is 1. The van der Waals surface area contributed by atoms with Crippen LogP contribution in [0.4, 0.5) is 8.78 Å². The maximum absolute atomic E-state index is 13.4. The van der Waals surface area contributed by atoms with Crippen molar-refractivity contribution in [2.45, 2.75) is 10.9 Å². The second-order valence-electron chi connectivity index (χ2n) is 5.47. The predicted molar refractivity (Wildman–Crippen MR) is 88.2 cm³/mol. The standard InChI is InChI=1S/C17H15F2N3O2S/c1-22-8-7-20-17(22)16(12-5-3-2-4-6-12)21-25(23,24)15-10-13(18)9-14(19)11-15/h2-11,16,21H,1H3. The van der Waals surface area contributed by atoms with Crippen LogP contribution in [0.2, 0.25) is 0 Å². The Labute approximate surface area is 144 Å². The van der Waals surface area contributed by atoms with Crippen molar-refractivity contribution in [1.29, 1.82) is 0 Å². The van der Waals surface area contributed by atoms with Crippen LogP contribution >= 0.6 is 0 Å². The average Bonchev–Trinajstić information content (AvgIpc) is 2.98. The van der Waals surface area contributed by atoms with Crippen LogP contribution in [0.1, 0.15) is 17.4 Å². The topological polar surface area (TPSA) is 64.0 Å². The van der Waals surface area contributed by atoms with Crippen molar-refractivity contribution in [2.75, 3.05) is 0 Å². The number of aromatic nitrogens is 2. The first-order valence-electron chi connectivity index (χ1n) is 7.37. The normalized spacial score (nSPS) is 12.9. The number of hydrogen-bond acceptors (Lipinski definition) is 3. The lowest BCUT2D eigenvalue weighted by molar-refractivity contribution is 0.551. The van der Waals surface area contributed by atoms with E-state index >= 15 is 0 Å². The third kappa shape index (κ3) is 3.75. The lowest BCUT2D eigenvalue weighted by Crippen LogP contribution is -2.31. The van der Waals surface area contributed by atoms with E-state index in [4.69, 9.17) is 0 Å². The van der Waals surface area contributed by atoms with Crippen LogP contribution in [0.25, 0.3) is 0 Å². The van der Waals surface area contributed by atoms with Gasteiger partial charge >= 0.3 is 0 Å². The molecule has 1 aromatic heterocycles. The summed E-state index contributed by atoms with van der Waals surface area (Å²) in [6.45, 7) is 0. The van der Waals surface area contributed by atoms with Crippen LogP contribution in [0.3, 0.4) is 0 Å². The van der Waals surface area contributed by atoms with E-state index in [1.54, 1.807) is 54.3 Å². The summed E-state index contributed by atoms with van der Waals surface area (Å²) in [6.07, 6.45) is 3.23. The Kier molecular flexibility index (Phi) is 4.65. The molecule has 3 rings (SSSR count). The molecule has 0 fully saturated rings. The molecule has 0 bridgehead atoms. The first-order valence-corrected chi connectivity index (χ1v) is 8.86. The monoisotopic (exact) mass is 363 g/mol. The van der Waals surface area contributed by atoms with Gasteiger partial charge in [0.2, 0.25) is 10.0 Å². The zero-order valence-corrected chi connectivity index (χ0v) is 14.0. The number of aryl methyl sites for hydroxylation is 1. The zero-order chi connectivity index (χ0) is 18.0. The lowest BCUT2D eigenvalue weighted by Gasteiger charge is -2.19. The molecular weight excluding hydrogens is 348 g/mol. The van der Waals surface area contributed by atoms with Gasteiger partial charge < -0.3 is 4.57 Å². The molecule has 2 aromatic carbocycles. The average molecular weight is 363 g/mol. The molecule has 0 aliphatic carbocycles. The second-order valence-corrected chi connectivity index (χ2v) is 7.18. The molecule has 0 aliphatic rings. The Balaban J connectivity index is 2.05. The van der Waals surface area contributed by atoms with E-state index in [9.17, 15) is 17.2 Å². The molecule has 0 saturated carbocycles. The number of sulfonamides is 1. The van der Waals surface area contributed by atoms with Gasteiger partial charge in [-0.3, -0.25) is 0 Å². The van der Waals surface area contributed by atoms with E-state index in [2.05, 4.69) is 9.71 Å². The Hall–Kier alpha value is -2.58. The molecule has 0 amide bonds. The SMILES string of the molecule is Cn1ccnc1C(NS(=O)(=O)c1cc(F)cc(F)c1)c1ccccc1.